The second-order valence-electron chi connectivity index (χ2n) is 7.43. The molecule has 0 atom stereocenters. The van der Waals surface area contributed by atoms with Crippen molar-refractivity contribution in [2.75, 3.05) is 6.61 Å². The van der Waals surface area contributed by atoms with E-state index in [1.807, 2.05) is 24.3 Å². The fraction of sp³-hybridized carbons (Fsp3) is 0.222. The molecule has 3 aromatic rings. The smallest absolute Gasteiger partial charge is 0.346 e. The van der Waals surface area contributed by atoms with Crippen molar-refractivity contribution in [1.82, 2.24) is 0 Å². The first kappa shape index (κ1) is 22.9. The molecule has 0 aromatic heterocycles. The van der Waals surface area contributed by atoms with E-state index in [4.69, 9.17) is 9.47 Å². The van der Waals surface area contributed by atoms with Crippen molar-refractivity contribution in [2.45, 2.75) is 32.6 Å². The van der Waals surface area contributed by atoms with Gasteiger partial charge in [0, 0.05) is 0 Å². The molecule has 0 unspecified atom stereocenters. The van der Waals surface area contributed by atoms with Crippen molar-refractivity contribution in [2.24, 2.45) is 0 Å². The zero-order valence-electron chi connectivity index (χ0n) is 18.1. The molecule has 0 aliphatic carbocycles. The lowest BCUT2D eigenvalue weighted by Crippen LogP contribution is -2.13. The van der Waals surface area contributed by atoms with Crippen LogP contribution in [0, 0.1) is 0 Å². The van der Waals surface area contributed by atoms with E-state index in [1.165, 1.54) is 0 Å². The van der Waals surface area contributed by atoms with Crippen molar-refractivity contribution in [3.8, 4) is 0 Å². The Morgan fingerprint density at radius 2 is 1.31 bits per heavy atom. The number of benzene rings is 3. The summed E-state index contributed by atoms with van der Waals surface area (Å²) in [4.78, 5) is 36.7. The lowest BCUT2D eigenvalue weighted by Gasteiger charge is -2.07. The molecule has 0 aliphatic heterocycles. The monoisotopic (exact) mass is 430 g/mol. The predicted octanol–water partition coefficient (Wildman–Crippen LogP) is 5.43. The summed E-state index contributed by atoms with van der Waals surface area (Å²) in [5.74, 6) is -1.72. The minimum absolute atomic E-state index is 0.273. The van der Waals surface area contributed by atoms with E-state index >= 15 is 0 Å². The zero-order valence-corrected chi connectivity index (χ0v) is 18.1. The van der Waals surface area contributed by atoms with Crippen LogP contribution in [-0.2, 0) is 22.3 Å². The topological polar surface area (TPSA) is 69.7 Å². The van der Waals surface area contributed by atoms with Gasteiger partial charge in [-0.25, -0.2) is 14.4 Å². The van der Waals surface area contributed by atoms with Gasteiger partial charge >= 0.3 is 17.9 Å². The standard InChI is InChI=1S/C27H26O5/c1-2-8-20-14-16-23(17-15-20)26(29)32-27(30)24-13-6-9-21(19-24)10-7-18-31-25(28)22-11-4-3-5-12-22/h3-6,9,11-17,19H,2,7-8,10,18H2,1H3. The van der Waals surface area contributed by atoms with Crippen LogP contribution in [0.1, 0.15) is 62.0 Å². The van der Waals surface area contributed by atoms with E-state index in [1.54, 1.807) is 54.6 Å². The molecule has 5 nitrogen and oxygen atoms in total. The van der Waals surface area contributed by atoms with Crippen LogP contribution in [0.25, 0.3) is 0 Å². The summed E-state index contributed by atoms with van der Waals surface area (Å²) in [6, 6.07) is 22.8. The Balaban J connectivity index is 1.49. The van der Waals surface area contributed by atoms with E-state index in [0.717, 1.165) is 24.0 Å². The molecule has 0 saturated carbocycles. The molecule has 32 heavy (non-hydrogen) atoms. The van der Waals surface area contributed by atoms with E-state index in [2.05, 4.69) is 6.92 Å². The first-order chi connectivity index (χ1) is 15.6. The number of carbonyl (C=O) groups excluding carboxylic acids is 3. The minimum Gasteiger partial charge on any atom is -0.462 e. The molecule has 0 bridgehead atoms. The van der Waals surface area contributed by atoms with Gasteiger partial charge in [-0.1, -0.05) is 55.8 Å². The van der Waals surface area contributed by atoms with Crippen LogP contribution >= 0.6 is 0 Å². The molecule has 3 aromatic carbocycles. The number of ether oxygens (including phenoxy) is 2. The molecule has 0 fully saturated rings. The molecular weight excluding hydrogens is 404 g/mol. The van der Waals surface area contributed by atoms with Gasteiger partial charge in [-0.05, 0) is 66.8 Å². The number of esters is 3. The Morgan fingerprint density at radius 1 is 0.656 bits per heavy atom. The van der Waals surface area contributed by atoms with Crippen LogP contribution in [0.4, 0.5) is 0 Å². The SMILES string of the molecule is CCCc1ccc(C(=O)OC(=O)c2cccc(CCCOC(=O)c3ccccc3)c2)cc1. The van der Waals surface area contributed by atoms with Crippen molar-refractivity contribution >= 4 is 17.9 Å². The molecule has 0 heterocycles. The second-order valence-corrected chi connectivity index (χ2v) is 7.43. The van der Waals surface area contributed by atoms with Gasteiger partial charge < -0.3 is 9.47 Å². The van der Waals surface area contributed by atoms with Crippen LogP contribution in [-0.4, -0.2) is 24.5 Å². The van der Waals surface area contributed by atoms with Crippen molar-refractivity contribution in [3.05, 3.63) is 107 Å². The Bertz CT molecular complexity index is 1050. The number of aryl methyl sites for hydroxylation is 2. The van der Waals surface area contributed by atoms with Crippen molar-refractivity contribution in [1.29, 1.82) is 0 Å². The summed E-state index contributed by atoms with van der Waals surface area (Å²) >= 11 is 0. The molecule has 0 radical (unpaired) electrons. The fourth-order valence-electron chi connectivity index (χ4n) is 3.25. The summed E-state index contributed by atoms with van der Waals surface area (Å²) in [6.07, 6.45) is 3.19. The fourth-order valence-corrected chi connectivity index (χ4v) is 3.25. The third-order valence-corrected chi connectivity index (χ3v) is 4.93. The van der Waals surface area contributed by atoms with E-state index < -0.39 is 11.9 Å². The van der Waals surface area contributed by atoms with Crippen molar-refractivity contribution in [3.63, 3.8) is 0 Å². The quantitative estimate of drug-likeness (QED) is 0.257. The third kappa shape index (κ3) is 6.64. The average Bonchev–Trinajstić information content (AvgIpc) is 2.83. The Kier molecular flexibility index (Phi) is 8.32. The van der Waals surface area contributed by atoms with Gasteiger partial charge in [0.15, 0.2) is 0 Å². The van der Waals surface area contributed by atoms with E-state index in [-0.39, 0.29) is 12.6 Å². The molecule has 0 N–H and O–H groups in total. The van der Waals surface area contributed by atoms with Crippen LogP contribution in [0.3, 0.4) is 0 Å². The Morgan fingerprint density at radius 3 is 2.03 bits per heavy atom. The molecule has 0 amide bonds. The highest BCUT2D eigenvalue weighted by Crippen LogP contribution is 2.13. The van der Waals surface area contributed by atoms with Gasteiger partial charge in [0.05, 0.1) is 23.3 Å². The largest absolute Gasteiger partial charge is 0.462 e. The maximum atomic E-state index is 12.4. The molecule has 5 heteroatoms. The average molecular weight is 431 g/mol. The van der Waals surface area contributed by atoms with Gasteiger partial charge in [-0.15, -0.1) is 0 Å². The number of hydrogen-bond acceptors (Lipinski definition) is 5. The van der Waals surface area contributed by atoms with Gasteiger partial charge in [-0.2, -0.15) is 0 Å². The van der Waals surface area contributed by atoms with Gasteiger partial charge in [0.2, 0.25) is 0 Å². The van der Waals surface area contributed by atoms with Crippen LogP contribution in [0.2, 0.25) is 0 Å². The first-order valence-corrected chi connectivity index (χ1v) is 10.7. The van der Waals surface area contributed by atoms with Gasteiger partial charge in [-0.3, -0.25) is 0 Å². The van der Waals surface area contributed by atoms with Crippen molar-refractivity contribution < 1.29 is 23.9 Å². The summed E-state index contributed by atoms with van der Waals surface area (Å²) in [5, 5.41) is 0. The van der Waals surface area contributed by atoms with E-state index in [9.17, 15) is 14.4 Å². The minimum atomic E-state index is -0.690. The van der Waals surface area contributed by atoms with Crippen LogP contribution in [0.15, 0.2) is 78.9 Å². The first-order valence-electron chi connectivity index (χ1n) is 10.7. The second kappa shape index (κ2) is 11.6. The highest BCUT2D eigenvalue weighted by atomic mass is 16.6. The van der Waals surface area contributed by atoms with E-state index in [0.29, 0.717) is 29.5 Å². The lowest BCUT2D eigenvalue weighted by atomic mass is 10.1. The normalized spacial score (nSPS) is 10.4. The van der Waals surface area contributed by atoms with Gasteiger partial charge in [0.25, 0.3) is 0 Å². The zero-order chi connectivity index (χ0) is 22.8. The maximum Gasteiger partial charge on any atom is 0.346 e. The molecule has 0 spiro atoms. The molecule has 0 aliphatic rings. The number of hydrogen-bond donors (Lipinski definition) is 0. The maximum absolute atomic E-state index is 12.4. The summed E-state index contributed by atoms with van der Waals surface area (Å²) in [6.45, 7) is 2.36. The molecule has 0 saturated heterocycles. The third-order valence-electron chi connectivity index (χ3n) is 4.93. The molecular formula is C27H26O5. The van der Waals surface area contributed by atoms with Crippen LogP contribution < -0.4 is 0 Å². The van der Waals surface area contributed by atoms with Gasteiger partial charge in [0.1, 0.15) is 0 Å². The highest BCUT2D eigenvalue weighted by molar-refractivity contribution is 6.02. The number of rotatable bonds is 9. The molecule has 3 rings (SSSR count). The number of carbonyl (C=O) groups is 3. The Hall–Kier alpha value is -3.73. The predicted molar refractivity (Wildman–Crippen MR) is 122 cm³/mol. The summed E-state index contributed by atoms with van der Waals surface area (Å²) in [5.41, 5.74) is 3.19. The Labute approximate surface area is 188 Å². The van der Waals surface area contributed by atoms with Crippen LogP contribution in [0.5, 0.6) is 0 Å². The lowest BCUT2D eigenvalue weighted by molar-refractivity contribution is 0.0396. The molecule has 164 valence electrons. The summed E-state index contributed by atoms with van der Waals surface area (Å²) < 4.78 is 10.3. The summed E-state index contributed by atoms with van der Waals surface area (Å²) in [7, 11) is 0. The highest BCUT2D eigenvalue weighted by Gasteiger charge is 2.15.